The summed E-state index contributed by atoms with van der Waals surface area (Å²) in [5.41, 5.74) is 1.32. The average Bonchev–Trinajstić information content (AvgIpc) is 2.61. The molecule has 1 aromatic carbocycles. The lowest BCUT2D eigenvalue weighted by Crippen LogP contribution is -2.41. The van der Waals surface area contributed by atoms with Gasteiger partial charge in [0.2, 0.25) is 0 Å². The van der Waals surface area contributed by atoms with Crippen molar-refractivity contribution in [1.29, 1.82) is 0 Å². The molecule has 0 saturated carbocycles. The van der Waals surface area contributed by atoms with Crippen molar-refractivity contribution in [3.8, 4) is 0 Å². The summed E-state index contributed by atoms with van der Waals surface area (Å²) in [7, 11) is 0. The van der Waals surface area contributed by atoms with Crippen LogP contribution in [0.1, 0.15) is 18.4 Å². The summed E-state index contributed by atoms with van der Waals surface area (Å²) < 4.78 is 0. The zero-order valence-electron chi connectivity index (χ0n) is 9.23. The van der Waals surface area contributed by atoms with Gasteiger partial charge in [0, 0.05) is 18.6 Å². The Labute approximate surface area is 95.4 Å². The van der Waals surface area contributed by atoms with E-state index in [1.54, 1.807) is 0 Å². The van der Waals surface area contributed by atoms with Crippen LogP contribution in [0.2, 0.25) is 0 Å². The molecule has 3 nitrogen and oxygen atoms in total. The molecule has 2 aliphatic heterocycles. The molecule has 0 aliphatic carbocycles. The Morgan fingerprint density at radius 1 is 1.25 bits per heavy atom. The van der Waals surface area contributed by atoms with Crippen LogP contribution in [0, 0.1) is 0 Å². The number of carbonyl (C=O) groups is 1. The van der Waals surface area contributed by atoms with E-state index >= 15 is 0 Å². The third-order valence-corrected chi connectivity index (χ3v) is 3.61. The fourth-order valence-electron chi connectivity index (χ4n) is 2.75. The van der Waals surface area contributed by atoms with Crippen molar-refractivity contribution in [3.63, 3.8) is 0 Å². The van der Waals surface area contributed by atoms with Gasteiger partial charge in [-0.2, -0.15) is 0 Å². The Hall–Kier alpha value is -1.51. The molecule has 2 heterocycles. The predicted octanol–water partition coefficient (Wildman–Crippen LogP) is 1.79. The van der Waals surface area contributed by atoms with Gasteiger partial charge < -0.3 is 10.2 Å². The first kappa shape index (κ1) is 9.70. The molecule has 16 heavy (non-hydrogen) atoms. The summed E-state index contributed by atoms with van der Waals surface area (Å²) in [4.78, 5) is 13.7. The quantitative estimate of drug-likeness (QED) is 0.803. The lowest BCUT2D eigenvalue weighted by atomic mass is 9.95. The normalized spacial score (nSPS) is 28.0. The lowest BCUT2D eigenvalue weighted by molar-refractivity contribution is 0.183. The second-order valence-electron chi connectivity index (χ2n) is 4.72. The van der Waals surface area contributed by atoms with E-state index in [-0.39, 0.29) is 6.03 Å². The van der Waals surface area contributed by atoms with Gasteiger partial charge in [0.1, 0.15) is 0 Å². The van der Waals surface area contributed by atoms with Crippen LogP contribution in [0.4, 0.5) is 4.79 Å². The molecule has 2 bridgehead atoms. The van der Waals surface area contributed by atoms with Gasteiger partial charge in [-0.15, -0.1) is 0 Å². The van der Waals surface area contributed by atoms with Gasteiger partial charge in [0.25, 0.3) is 0 Å². The van der Waals surface area contributed by atoms with Gasteiger partial charge in [-0.1, -0.05) is 30.3 Å². The first-order chi connectivity index (χ1) is 7.83. The molecule has 84 valence electrons. The summed E-state index contributed by atoms with van der Waals surface area (Å²) in [6.45, 7) is 0.899. The molecule has 0 spiro atoms. The fourth-order valence-corrected chi connectivity index (χ4v) is 2.75. The first-order valence-corrected chi connectivity index (χ1v) is 5.94. The fraction of sp³-hybridized carbons (Fsp3) is 0.462. The summed E-state index contributed by atoms with van der Waals surface area (Å²) >= 11 is 0. The van der Waals surface area contributed by atoms with Crippen LogP contribution >= 0.6 is 0 Å². The van der Waals surface area contributed by atoms with Crippen molar-refractivity contribution in [2.24, 2.45) is 0 Å². The topological polar surface area (TPSA) is 32.3 Å². The maximum absolute atomic E-state index is 11.7. The lowest BCUT2D eigenvalue weighted by Gasteiger charge is -2.30. The summed E-state index contributed by atoms with van der Waals surface area (Å²) in [6, 6.07) is 11.4. The maximum atomic E-state index is 11.7. The highest BCUT2D eigenvalue weighted by Gasteiger charge is 2.38. The Balaban J connectivity index is 1.74. The van der Waals surface area contributed by atoms with Gasteiger partial charge in [0.05, 0.1) is 0 Å². The van der Waals surface area contributed by atoms with Crippen molar-refractivity contribution < 1.29 is 4.79 Å². The number of urea groups is 1. The molecule has 1 N–H and O–H groups in total. The average molecular weight is 216 g/mol. The highest BCUT2D eigenvalue weighted by molar-refractivity contribution is 5.77. The molecule has 2 atom stereocenters. The Kier molecular flexibility index (Phi) is 2.31. The predicted molar refractivity (Wildman–Crippen MR) is 62.2 cm³/mol. The van der Waals surface area contributed by atoms with E-state index in [2.05, 4.69) is 29.6 Å². The number of piperidine rings is 1. The number of hydrogen-bond acceptors (Lipinski definition) is 1. The first-order valence-electron chi connectivity index (χ1n) is 5.94. The molecule has 2 fully saturated rings. The number of fused-ring (bicyclic) bond motifs is 2. The van der Waals surface area contributed by atoms with Crippen LogP contribution < -0.4 is 5.32 Å². The third kappa shape index (κ3) is 1.66. The number of nitrogens with one attached hydrogen (secondary N) is 1. The highest BCUT2D eigenvalue weighted by Crippen LogP contribution is 2.25. The van der Waals surface area contributed by atoms with Crippen LogP contribution in [0.25, 0.3) is 0 Å². The number of nitrogens with zero attached hydrogens (tertiary/aromatic N) is 1. The molecule has 2 saturated heterocycles. The summed E-state index contributed by atoms with van der Waals surface area (Å²) in [5.74, 6) is 0. The molecular weight excluding hydrogens is 200 g/mol. The van der Waals surface area contributed by atoms with E-state index in [0.29, 0.717) is 12.1 Å². The van der Waals surface area contributed by atoms with Gasteiger partial charge in [-0.3, -0.25) is 0 Å². The SMILES string of the molecule is O=C1NC2CCC(Cc3ccccc3)N1C2. The maximum Gasteiger partial charge on any atom is 0.318 e. The van der Waals surface area contributed by atoms with E-state index in [4.69, 9.17) is 0 Å². The van der Waals surface area contributed by atoms with E-state index in [1.807, 2.05) is 11.0 Å². The minimum absolute atomic E-state index is 0.128. The van der Waals surface area contributed by atoms with E-state index < -0.39 is 0 Å². The van der Waals surface area contributed by atoms with E-state index in [1.165, 1.54) is 5.56 Å². The minimum Gasteiger partial charge on any atom is -0.333 e. The van der Waals surface area contributed by atoms with Gasteiger partial charge in [-0.05, 0) is 24.8 Å². The zero-order valence-corrected chi connectivity index (χ0v) is 9.23. The van der Waals surface area contributed by atoms with E-state index in [9.17, 15) is 4.79 Å². The van der Waals surface area contributed by atoms with E-state index in [0.717, 1.165) is 25.8 Å². The van der Waals surface area contributed by atoms with Crippen LogP contribution in [-0.2, 0) is 6.42 Å². The second kappa shape index (κ2) is 3.81. The summed E-state index contributed by atoms with van der Waals surface area (Å²) in [6.07, 6.45) is 3.24. The molecule has 0 radical (unpaired) electrons. The van der Waals surface area contributed by atoms with Crippen molar-refractivity contribution in [3.05, 3.63) is 35.9 Å². The Bertz CT molecular complexity index is 390. The highest BCUT2D eigenvalue weighted by atomic mass is 16.2. The van der Waals surface area contributed by atoms with Crippen molar-refractivity contribution in [1.82, 2.24) is 10.2 Å². The van der Waals surface area contributed by atoms with Gasteiger partial charge in [0.15, 0.2) is 0 Å². The molecule has 2 unspecified atom stereocenters. The molecule has 3 heteroatoms. The molecule has 3 rings (SSSR count). The van der Waals surface area contributed by atoms with Crippen molar-refractivity contribution in [2.45, 2.75) is 31.3 Å². The molecule has 2 aliphatic rings. The number of hydrogen-bond donors (Lipinski definition) is 1. The molecular formula is C13H16N2O. The van der Waals surface area contributed by atoms with Crippen molar-refractivity contribution >= 4 is 6.03 Å². The molecule has 0 aromatic heterocycles. The second-order valence-corrected chi connectivity index (χ2v) is 4.72. The number of carbonyl (C=O) groups excluding carboxylic acids is 1. The standard InChI is InChI=1S/C13H16N2O/c16-13-14-11-6-7-12(15(13)9-11)8-10-4-2-1-3-5-10/h1-5,11-12H,6-9H2,(H,14,16). The van der Waals surface area contributed by atoms with Crippen molar-refractivity contribution in [2.75, 3.05) is 6.54 Å². The van der Waals surface area contributed by atoms with Crippen LogP contribution in [0.5, 0.6) is 0 Å². The van der Waals surface area contributed by atoms with Crippen LogP contribution in [0.3, 0.4) is 0 Å². The van der Waals surface area contributed by atoms with Crippen LogP contribution in [-0.4, -0.2) is 29.6 Å². The molecule has 2 amide bonds. The molecule has 1 aromatic rings. The van der Waals surface area contributed by atoms with Crippen LogP contribution in [0.15, 0.2) is 30.3 Å². The Morgan fingerprint density at radius 3 is 2.88 bits per heavy atom. The zero-order chi connectivity index (χ0) is 11.0. The Morgan fingerprint density at radius 2 is 2.06 bits per heavy atom. The monoisotopic (exact) mass is 216 g/mol. The number of rotatable bonds is 2. The number of amides is 2. The smallest absolute Gasteiger partial charge is 0.318 e. The number of benzene rings is 1. The van der Waals surface area contributed by atoms with Gasteiger partial charge in [-0.25, -0.2) is 4.79 Å². The van der Waals surface area contributed by atoms with Gasteiger partial charge >= 0.3 is 6.03 Å². The largest absolute Gasteiger partial charge is 0.333 e. The summed E-state index contributed by atoms with van der Waals surface area (Å²) in [5, 5.41) is 3.02. The minimum atomic E-state index is 0.128. The third-order valence-electron chi connectivity index (χ3n) is 3.61.